The van der Waals surface area contributed by atoms with Gasteiger partial charge in [0.15, 0.2) is 0 Å². The molecule has 2 rings (SSSR count). The van der Waals surface area contributed by atoms with Crippen LogP contribution in [0.5, 0.6) is 0 Å². The van der Waals surface area contributed by atoms with Crippen molar-refractivity contribution in [2.24, 2.45) is 0 Å². The van der Waals surface area contributed by atoms with Crippen LogP contribution in [0.2, 0.25) is 0 Å². The van der Waals surface area contributed by atoms with Crippen LogP contribution in [-0.4, -0.2) is 22.9 Å². The van der Waals surface area contributed by atoms with Crippen LogP contribution in [-0.2, 0) is 0 Å². The normalized spacial score (nSPS) is 11.1. The zero-order valence-electron chi connectivity index (χ0n) is 7.06. The molecule has 1 heterocycles. The van der Waals surface area contributed by atoms with E-state index in [2.05, 4.69) is 7.96 Å². The number of nitrogens with zero attached hydrogens (tertiary/aromatic N) is 2. The fourth-order valence-corrected chi connectivity index (χ4v) is 2.58. The number of hydrogen-bond donors (Lipinski definition) is 0. The third-order valence-corrected chi connectivity index (χ3v) is 3.16. The molecule has 0 spiro atoms. The Hall–Kier alpha value is -0.801. The molecule has 0 fully saturated rings. The van der Waals surface area contributed by atoms with Crippen LogP contribution in [0.1, 0.15) is 11.1 Å². The van der Waals surface area contributed by atoms with Crippen molar-refractivity contribution in [2.45, 2.75) is 13.8 Å². The summed E-state index contributed by atoms with van der Waals surface area (Å²) in [4.78, 5) is 0. The monoisotopic (exact) mass is 248 g/mol. The molecule has 68 valence electrons. The Bertz CT molecular complexity index is 436. The fourth-order valence-electron chi connectivity index (χ4n) is 1.22. The molecule has 0 N–H and O–H groups in total. The molecule has 0 aliphatic carbocycles. The van der Waals surface area contributed by atoms with E-state index >= 15 is 0 Å². The molecule has 0 atom stereocenters. The Morgan fingerprint density at radius 1 is 0.923 bits per heavy atom. The average Bonchev–Trinajstić information content (AvgIpc) is 2.59. The topological polar surface area (TPSA) is 25.8 Å². The molecule has 5 heteroatoms. The van der Waals surface area contributed by atoms with Gasteiger partial charge in [0.2, 0.25) is 0 Å². The van der Waals surface area contributed by atoms with Crippen molar-refractivity contribution in [3.8, 4) is 0 Å². The van der Waals surface area contributed by atoms with E-state index in [9.17, 15) is 8.78 Å². The van der Waals surface area contributed by atoms with E-state index in [1.807, 2.05) is 0 Å². The SMILES string of the molecule is Cc1c(F)c(F)c(C)c2n[se]nc12. The summed E-state index contributed by atoms with van der Waals surface area (Å²) in [5.41, 5.74) is 1.58. The van der Waals surface area contributed by atoms with Gasteiger partial charge in [0.1, 0.15) is 0 Å². The number of aromatic nitrogens is 2. The van der Waals surface area contributed by atoms with Crippen LogP contribution in [0.25, 0.3) is 11.0 Å². The molecule has 0 saturated carbocycles. The van der Waals surface area contributed by atoms with Gasteiger partial charge in [-0.2, -0.15) is 0 Å². The summed E-state index contributed by atoms with van der Waals surface area (Å²) in [7, 11) is 0. The number of aryl methyl sites for hydroxylation is 2. The molecule has 1 aromatic heterocycles. The summed E-state index contributed by atoms with van der Waals surface area (Å²) in [6.07, 6.45) is 0. The molecule has 0 bridgehead atoms. The molecular formula is C8H6F2N2Se. The first kappa shape index (κ1) is 8.78. The van der Waals surface area contributed by atoms with Crippen LogP contribution in [0.4, 0.5) is 8.78 Å². The Kier molecular flexibility index (Phi) is 1.93. The molecule has 2 nitrogen and oxygen atoms in total. The predicted molar refractivity (Wildman–Crippen MR) is 45.9 cm³/mol. The van der Waals surface area contributed by atoms with Crippen molar-refractivity contribution < 1.29 is 8.78 Å². The van der Waals surface area contributed by atoms with Gasteiger partial charge in [-0.05, 0) is 0 Å². The number of fused-ring (bicyclic) bond motifs is 1. The van der Waals surface area contributed by atoms with Gasteiger partial charge in [0, 0.05) is 0 Å². The summed E-state index contributed by atoms with van der Waals surface area (Å²) in [5, 5.41) is 0. The number of halogens is 2. The average molecular weight is 247 g/mol. The van der Waals surface area contributed by atoms with Crippen LogP contribution in [0.15, 0.2) is 0 Å². The molecule has 0 saturated heterocycles. The molecule has 2 aromatic rings. The van der Waals surface area contributed by atoms with Crippen molar-refractivity contribution in [1.82, 2.24) is 7.96 Å². The quantitative estimate of drug-likeness (QED) is 0.660. The maximum absolute atomic E-state index is 13.2. The second-order valence-corrected chi connectivity index (χ2v) is 3.95. The van der Waals surface area contributed by atoms with Crippen molar-refractivity contribution >= 4 is 26.0 Å². The van der Waals surface area contributed by atoms with Gasteiger partial charge in [-0.25, -0.2) is 0 Å². The van der Waals surface area contributed by atoms with Gasteiger partial charge < -0.3 is 0 Å². The van der Waals surface area contributed by atoms with Crippen molar-refractivity contribution in [2.75, 3.05) is 0 Å². The Morgan fingerprint density at radius 2 is 1.31 bits per heavy atom. The van der Waals surface area contributed by atoms with E-state index in [1.165, 1.54) is 13.8 Å². The third-order valence-electron chi connectivity index (χ3n) is 2.05. The van der Waals surface area contributed by atoms with Crippen molar-refractivity contribution in [3.63, 3.8) is 0 Å². The molecule has 0 aliphatic heterocycles. The number of rotatable bonds is 0. The molecule has 0 aliphatic rings. The van der Waals surface area contributed by atoms with E-state index in [0.717, 1.165) is 0 Å². The Labute approximate surface area is 79.8 Å². The summed E-state index contributed by atoms with van der Waals surface area (Å²) in [6.45, 7) is 3.05. The van der Waals surface area contributed by atoms with Crippen molar-refractivity contribution in [1.29, 1.82) is 0 Å². The fraction of sp³-hybridized carbons (Fsp3) is 0.250. The summed E-state index contributed by atoms with van der Waals surface area (Å²) < 4.78 is 34.5. The molecule has 0 amide bonds. The zero-order chi connectivity index (χ0) is 9.59. The standard InChI is InChI=1S/C8H6F2N2Se/c1-3-5(9)6(10)4(2)8-7(3)11-13-12-8/h1-2H3. The minimum atomic E-state index is -0.798. The van der Waals surface area contributed by atoms with E-state index < -0.39 is 11.6 Å². The summed E-state index contributed by atoms with van der Waals surface area (Å²) >= 11 is -0.238. The van der Waals surface area contributed by atoms with Gasteiger partial charge in [-0.3, -0.25) is 0 Å². The van der Waals surface area contributed by atoms with E-state index in [0.29, 0.717) is 11.0 Å². The molecule has 0 radical (unpaired) electrons. The van der Waals surface area contributed by atoms with Gasteiger partial charge in [0.05, 0.1) is 0 Å². The first-order chi connectivity index (χ1) is 6.13. The maximum atomic E-state index is 13.2. The minimum absolute atomic E-state index is 0.238. The van der Waals surface area contributed by atoms with E-state index in [-0.39, 0.29) is 26.1 Å². The Balaban J connectivity index is 3.02. The molecular weight excluding hydrogens is 241 g/mol. The van der Waals surface area contributed by atoms with Gasteiger partial charge in [-0.1, -0.05) is 0 Å². The Morgan fingerprint density at radius 3 is 1.69 bits per heavy atom. The predicted octanol–water partition coefficient (Wildman–Crippen LogP) is 1.58. The van der Waals surface area contributed by atoms with Crippen LogP contribution in [0.3, 0.4) is 0 Å². The molecule has 1 aromatic carbocycles. The first-order valence-electron chi connectivity index (χ1n) is 3.69. The zero-order valence-corrected chi connectivity index (χ0v) is 8.77. The van der Waals surface area contributed by atoms with Gasteiger partial charge in [-0.15, -0.1) is 0 Å². The molecule has 13 heavy (non-hydrogen) atoms. The number of hydrogen-bond acceptors (Lipinski definition) is 2. The summed E-state index contributed by atoms with van der Waals surface area (Å²) in [6, 6.07) is 0. The van der Waals surface area contributed by atoms with Gasteiger partial charge in [0.25, 0.3) is 0 Å². The van der Waals surface area contributed by atoms with Crippen molar-refractivity contribution in [3.05, 3.63) is 22.8 Å². The van der Waals surface area contributed by atoms with E-state index in [1.54, 1.807) is 0 Å². The van der Waals surface area contributed by atoms with Crippen LogP contribution in [0, 0.1) is 25.5 Å². The van der Waals surface area contributed by atoms with Crippen LogP contribution < -0.4 is 0 Å². The third kappa shape index (κ3) is 1.11. The van der Waals surface area contributed by atoms with Gasteiger partial charge >= 0.3 is 79.3 Å². The summed E-state index contributed by atoms with van der Waals surface area (Å²) in [5.74, 6) is -1.60. The van der Waals surface area contributed by atoms with E-state index in [4.69, 9.17) is 0 Å². The number of benzene rings is 1. The molecule has 0 unspecified atom stereocenters. The second-order valence-electron chi connectivity index (χ2n) is 2.84. The first-order valence-corrected chi connectivity index (χ1v) is 5.22. The van der Waals surface area contributed by atoms with Crippen LogP contribution >= 0.6 is 0 Å². The second kappa shape index (κ2) is 2.86.